The van der Waals surface area contributed by atoms with Crippen LogP contribution in [0.25, 0.3) is 0 Å². The third-order valence-corrected chi connectivity index (χ3v) is 5.01. The Morgan fingerprint density at radius 3 is 2.55 bits per heavy atom. The third kappa shape index (κ3) is 2.68. The molecule has 5 nitrogen and oxygen atoms in total. The number of nitrogens with one attached hydrogen (secondary N) is 1. The van der Waals surface area contributed by atoms with E-state index >= 15 is 0 Å². The molecule has 0 spiro atoms. The van der Waals surface area contributed by atoms with Gasteiger partial charge in [-0.25, -0.2) is 0 Å². The van der Waals surface area contributed by atoms with Gasteiger partial charge in [0.1, 0.15) is 11.1 Å². The van der Waals surface area contributed by atoms with Gasteiger partial charge >= 0.3 is 5.97 Å². The van der Waals surface area contributed by atoms with Gasteiger partial charge in [-0.05, 0) is 38.7 Å². The monoisotopic (exact) mass is 292 g/mol. The molecule has 1 heterocycles. The highest BCUT2D eigenvalue weighted by Crippen LogP contribution is 2.35. The molecule has 2 N–H and O–H groups in total. The van der Waals surface area contributed by atoms with Crippen molar-refractivity contribution in [3.63, 3.8) is 0 Å². The maximum atomic E-state index is 12.2. The van der Waals surface area contributed by atoms with Gasteiger partial charge in [0, 0.05) is 10.8 Å². The van der Waals surface area contributed by atoms with Crippen molar-refractivity contribution in [2.75, 3.05) is 5.32 Å². The van der Waals surface area contributed by atoms with E-state index in [-0.39, 0.29) is 11.8 Å². The van der Waals surface area contributed by atoms with Gasteiger partial charge in [-0.2, -0.15) is 5.26 Å². The van der Waals surface area contributed by atoms with Crippen molar-refractivity contribution in [2.45, 2.75) is 33.1 Å². The Morgan fingerprint density at radius 1 is 1.35 bits per heavy atom. The zero-order valence-corrected chi connectivity index (χ0v) is 12.2. The quantitative estimate of drug-likeness (QED) is 0.896. The summed E-state index contributed by atoms with van der Waals surface area (Å²) in [6.07, 6.45) is 1.52. The van der Waals surface area contributed by atoms with E-state index in [2.05, 4.69) is 11.4 Å². The molecule has 1 aromatic rings. The summed E-state index contributed by atoms with van der Waals surface area (Å²) in [5.74, 6) is -1.70. The van der Waals surface area contributed by atoms with E-state index in [0.717, 1.165) is 10.4 Å². The van der Waals surface area contributed by atoms with E-state index in [9.17, 15) is 9.59 Å². The Kier molecular flexibility index (Phi) is 4.09. The van der Waals surface area contributed by atoms with E-state index in [1.807, 2.05) is 13.8 Å². The van der Waals surface area contributed by atoms with Crippen LogP contribution in [-0.4, -0.2) is 17.0 Å². The van der Waals surface area contributed by atoms with Crippen LogP contribution < -0.4 is 5.32 Å². The number of thiophene rings is 1. The van der Waals surface area contributed by atoms with Crippen LogP contribution in [0.4, 0.5) is 5.00 Å². The van der Waals surface area contributed by atoms with Gasteiger partial charge in [0.05, 0.1) is 11.5 Å². The molecule has 6 heteroatoms. The minimum atomic E-state index is -0.833. The first-order valence-corrected chi connectivity index (χ1v) is 7.29. The summed E-state index contributed by atoms with van der Waals surface area (Å²) in [6.45, 7) is 3.77. The standard InChI is InChI=1S/C14H16N2O3S/c1-7-8(2)20-13(11(7)6-15)16-12(17)9-3-4-10(5-9)14(18)19/h9-10H,3-5H2,1-2H3,(H,16,17)(H,18,19). The molecule has 0 aliphatic heterocycles. The van der Waals surface area contributed by atoms with E-state index in [1.165, 1.54) is 11.3 Å². The van der Waals surface area contributed by atoms with E-state index in [4.69, 9.17) is 10.4 Å². The minimum Gasteiger partial charge on any atom is -0.481 e. The number of carbonyl (C=O) groups excluding carboxylic acids is 1. The Labute approximate surface area is 121 Å². The first-order valence-electron chi connectivity index (χ1n) is 6.47. The van der Waals surface area contributed by atoms with Crippen molar-refractivity contribution in [3.8, 4) is 6.07 Å². The zero-order valence-electron chi connectivity index (χ0n) is 11.4. The van der Waals surface area contributed by atoms with Crippen LogP contribution in [0.15, 0.2) is 0 Å². The largest absolute Gasteiger partial charge is 0.481 e. The number of carboxylic acid groups (broad SMARTS) is 1. The number of aryl methyl sites for hydroxylation is 1. The lowest BCUT2D eigenvalue weighted by Gasteiger charge is -2.09. The highest BCUT2D eigenvalue weighted by molar-refractivity contribution is 7.16. The molecular weight excluding hydrogens is 276 g/mol. The fourth-order valence-corrected chi connectivity index (χ4v) is 3.52. The van der Waals surface area contributed by atoms with Crippen LogP contribution in [0, 0.1) is 37.0 Å². The van der Waals surface area contributed by atoms with Crippen LogP contribution in [0.3, 0.4) is 0 Å². The lowest BCUT2D eigenvalue weighted by Crippen LogP contribution is -2.21. The maximum absolute atomic E-state index is 12.2. The van der Waals surface area contributed by atoms with Crippen molar-refractivity contribution < 1.29 is 14.7 Å². The molecule has 106 valence electrons. The number of anilines is 1. The van der Waals surface area contributed by atoms with Crippen LogP contribution in [0.5, 0.6) is 0 Å². The number of hydrogen-bond acceptors (Lipinski definition) is 4. The van der Waals surface area contributed by atoms with Gasteiger partial charge in [0.15, 0.2) is 0 Å². The van der Waals surface area contributed by atoms with Crippen molar-refractivity contribution in [3.05, 3.63) is 16.0 Å². The van der Waals surface area contributed by atoms with Crippen molar-refractivity contribution in [2.24, 2.45) is 11.8 Å². The molecule has 2 atom stereocenters. The molecule has 2 unspecified atom stereocenters. The highest BCUT2D eigenvalue weighted by atomic mass is 32.1. The van der Waals surface area contributed by atoms with Gasteiger partial charge in [0.25, 0.3) is 0 Å². The number of nitrogens with zero attached hydrogens (tertiary/aromatic N) is 1. The summed E-state index contributed by atoms with van der Waals surface area (Å²) < 4.78 is 0. The average Bonchev–Trinajstić information content (AvgIpc) is 2.96. The Morgan fingerprint density at radius 2 is 2.00 bits per heavy atom. The first kappa shape index (κ1) is 14.5. The average molecular weight is 292 g/mol. The van der Waals surface area contributed by atoms with Crippen LogP contribution in [-0.2, 0) is 9.59 Å². The molecule has 0 bridgehead atoms. The molecule has 1 amide bonds. The minimum absolute atomic E-state index is 0.175. The number of aliphatic carboxylic acids is 1. The highest BCUT2D eigenvalue weighted by Gasteiger charge is 2.34. The van der Waals surface area contributed by atoms with Gasteiger partial charge in [-0.1, -0.05) is 0 Å². The van der Waals surface area contributed by atoms with E-state index in [1.54, 1.807) is 0 Å². The lowest BCUT2D eigenvalue weighted by atomic mass is 10.0. The second kappa shape index (κ2) is 5.63. The molecule has 2 rings (SSSR count). The van der Waals surface area contributed by atoms with Gasteiger partial charge < -0.3 is 10.4 Å². The number of carbonyl (C=O) groups is 2. The van der Waals surface area contributed by atoms with Crippen LogP contribution >= 0.6 is 11.3 Å². The number of nitriles is 1. The Hall–Kier alpha value is -1.87. The maximum Gasteiger partial charge on any atom is 0.306 e. The molecule has 0 aromatic carbocycles. The van der Waals surface area contributed by atoms with Crippen LogP contribution in [0.2, 0.25) is 0 Å². The van der Waals surface area contributed by atoms with Gasteiger partial charge in [-0.3, -0.25) is 9.59 Å². The first-order chi connectivity index (χ1) is 9.43. The molecule has 1 saturated carbocycles. The molecule has 20 heavy (non-hydrogen) atoms. The number of carboxylic acids is 1. The van der Waals surface area contributed by atoms with Gasteiger partial charge in [0.2, 0.25) is 5.91 Å². The summed E-state index contributed by atoms with van der Waals surface area (Å²) in [5, 5.41) is 21.4. The normalized spacial score (nSPS) is 21.4. The molecule has 0 radical (unpaired) electrons. The topological polar surface area (TPSA) is 90.2 Å². The number of rotatable bonds is 3. The molecule has 1 aliphatic rings. The lowest BCUT2D eigenvalue weighted by molar-refractivity contribution is -0.141. The van der Waals surface area contributed by atoms with Crippen LogP contribution in [0.1, 0.15) is 35.3 Å². The Bertz CT molecular complexity index is 600. The summed E-state index contributed by atoms with van der Waals surface area (Å²) in [4.78, 5) is 24.1. The van der Waals surface area contributed by atoms with E-state index < -0.39 is 11.9 Å². The molecule has 1 fully saturated rings. The van der Waals surface area contributed by atoms with Crippen molar-refractivity contribution >= 4 is 28.2 Å². The molecular formula is C14H16N2O3S. The van der Waals surface area contributed by atoms with Gasteiger partial charge in [-0.15, -0.1) is 11.3 Å². The SMILES string of the molecule is Cc1sc(NC(=O)C2CCC(C(=O)O)C2)c(C#N)c1C. The number of hydrogen-bond donors (Lipinski definition) is 2. The smallest absolute Gasteiger partial charge is 0.306 e. The zero-order chi connectivity index (χ0) is 14.9. The predicted molar refractivity (Wildman–Crippen MR) is 75.6 cm³/mol. The second-order valence-electron chi connectivity index (χ2n) is 5.13. The van der Waals surface area contributed by atoms with Crippen molar-refractivity contribution in [1.29, 1.82) is 5.26 Å². The van der Waals surface area contributed by atoms with Crippen molar-refractivity contribution in [1.82, 2.24) is 0 Å². The molecule has 1 aromatic heterocycles. The molecule has 0 saturated heterocycles. The fourth-order valence-electron chi connectivity index (χ4n) is 2.51. The summed E-state index contributed by atoms with van der Waals surface area (Å²) in [6, 6.07) is 2.11. The molecule has 1 aliphatic carbocycles. The summed E-state index contributed by atoms with van der Waals surface area (Å²) >= 11 is 1.39. The second-order valence-corrected chi connectivity index (χ2v) is 6.36. The summed E-state index contributed by atoms with van der Waals surface area (Å²) in [7, 11) is 0. The number of amides is 1. The fraction of sp³-hybridized carbons (Fsp3) is 0.500. The third-order valence-electron chi connectivity index (χ3n) is 3.89. The van der Waals surface area contributed by atoms with E-state index in [0.29, 0.717) is 29.8 Å². The summed E-state index contributed by atoms with van der Waals surface area (Å²) in [5.41, 5.74) is 1.40. The Balaban J connectivity index is 2.08. The predicted octanol–water partition coefficient (Wildman–Crippen LogP) is 2.68.